The molecule has 0 saturated carbocycles. The number of aromatic nitrogens is 1. The molecule has 5 heteroatoms. The summed E-state index contributed by atoms with van der Waals surface area (Å²) in [6, 6.07) is 77.2. The summed E-state index contributed by atoms with van der Waals surface area (Å²) >= 11 is 0. The van der Waals surface area contributed by atoms with Crippen LogP contribution in [0.4, 0.5) is 28.4 Å². The summed E-state index contributed by atoms with van der Waals surface area (Å²) in [5.41, 5.74) is 16.1. The molecule has 0 amide bonds. The second-order valence-electron chi connectivity index (χ2n) is 17.5. The van der Waals surface area contributed by atoms with Crippen LogP contribution in [0.5, 0.6) is 11.5 Å². The van der Waals surface area contributed by atoms with Gasteiger partial charge in [-0.1, -0.05) is 166 Å². The van der Waals surface area contributed by atoms with Crippen molar-refractivity contribution in [2.24, 2.45) is 0 Å². The highest BCUT2D eigenvalue weighted by molar-refractivity contribution is 7.01. The fraction of sp³-hybridized carbons (Fsp3) is 0.0625. The zero-order valence-corrected chi connectivity index (χ0v) is 39.3. The lowest BCUT2D eigenvalue weighted by molar-refractivity contribution is 0.487. The minimum Gasteiger partial charge on any atom is -0.458 e. The van der Waals surface area contributed by atoms with Gasteiger partial charge in [-0.2, -0.15) is 0 Å². The van der Waals surface area contributed by atoms with Gasteiger partial charge in [-0.15, -0.1) is 0 Å². The van der Waals surface area contributed by atoms with Crippen molar-refractivity contribution in [3.8, 4) is 28.3 Å². The Kier molecular flexibility index (Phi) is 10.5. The van der Waals surface area contributed by atoms with Crippen molar-refractivity contribution < 1.29 is 4.74 Å². The molecular weight excluding hydrogens is 838 g/mol. The average molecular weight is 888 g/mol. The van der Waals surface area contributed by atoms with E-state index >= 15 is 0 Å². The molecule has 2 aliphatic heterocycles. The highest BCUT2D eigenvalue weighted by atomic mass is 16.5. The lowest BCUT2D eigenvalue weighted by Crippen LogP contribution is -2.60. The number of hydrogen-bond donors (Lipinski definition) is 0. The van der Waals surface area contributed by atoms with Crippen LogP contribution in [0.1, 0.15) is 27.7 Å². The molecule has 11 aromatic rings. The number of para-hydroxylation sites is 2. The van der Waals surface area contributed by atoms with Gasteiger partial charge in [0.25, 0.3) is 6.71 Å². The third-order valence-electron chi connectivity index (χ3n) is 13.9. The van der Waals surface area contributed by atoms with Crippen LogP contribution in [0, 0.1) is 0 Å². The fourth-order valence-electron chi connectivity index (χ4n) is 11.0. The van der Waals surface area contributed by atoms with E-state index in [0.717, 1.165) is 56.6 Å². The Morgan fingerprint density at radius 2 is 1.07 bits per heavy atom. The van der Waals surface area contributed by atoms with Gasteiger partial charge in [0, 0.05) is 62.0 Å². The molecule has 4 nitrogen and oxygen atoms in total. The van der Waals surface area contributed by atoms with Gasteiger partial charge in [-0.3, -0.25) is 0 Å². The molecule has 10 aromatic carbocycles. The van der Waals surface area contributed by atoms with E-state index in [9.17, 15) is 0 Å². The van der Waals surface area contributed by atoms with Gasteiger partial charge in [0.2, 0.25) is 0 Å². The predicted molar refractivity (Wildman–Crippen MR) is 296 cm³/mol. The Morgan fingerprint density at radius 1 is 0.478 bits per heavy atom. The van der Waals surface area contributed by atoms with Crippen molar-refractivity contribution in [1.82, 2.24) is 4.57 Å². The van der Waals surface area contributed by atoms with Gasteiger partial charge >= 0.3 is 0 Å². The van der Waals surface area contributed by atoms with Crippen LogP contribution in [0.3, 0.4) is 0 Å². The average Bonchev–Trinajstić information content (AvgIpc) is 3.75. The number of rotatable bonds is 7. The zero-order chi connectivity index (χ0) is 46.6. The molecule has 0 bridgehead atoms. The van der Waals surface area contributed by atoms with Gasteiger partial charge < -0.3 is 19.1 Å². The van der Waals surface area contributed by atoms with E-state index in [1.165, 1.54) is 65.6 Å². The summed E-state index contributed by atoms with van der Waals surface area (Å²) in [4.78, 5) is 4.85. The number of fused-ring (bicyclic) bond motifs is 12. The molecule has 0 aliphatic carbocycles. The fourth-order valence-corrected chi connectivity index (χ4v) is 11.0. The van der Waals surface area contributed by atoms with E-state index in [1.807, 2.05) is 13.8 Å². The molecular formula is C64H50BN3O. The molecule has 2 aliphatic rings. The number of benzene rings is 10. The molecule has 0 atom stereocenters. The first-order valence-electron chi connectivity index (χ1n) is 24.2. The van der Waals surface area contributed by atoms with Crippen molar-refractivity contribution in [2.45, 2.75) is 27.7 Å². The van der Waals surface area contributed by atoms with Crippen LogP contribution in [-0.2, 0) is 0 Å². The Bertz CT molecular complexity index is 3820. The molecule has 0 saturated heterocycles. The largest absolute Gasteiger partial charge is 0.458 e. The second-order valence-corrected chi connectivity index (χ2v) is 17.5. The topological polar surface area (TPSA) is 20.6 Å². The van der Waals surface area contributed by atoms with Gasteiger partial charge in [0.05, 0.1) is 11.0 Å². The zero-order valence-electron chi connectivity index (χ0n) is 39.3. The number of anilines is 5. The smallest absolute Gasteiger partial charge is 0.257 e. The van der Waals surface area contributed by atoms with E-state index < -0.39 is 0 Å². The summed E-state index contributed by atoms with van der Waals surface area (Å²) in [5, 5.41) is 7.39. The summed E-state index contributed by atoms with van der Waals surface area (Å²) in [5.74, 6) is 1.74. The molecule has 0 unspecified atom stereocenters. The highest BCUT2D eigenvalue weighted by Crippen LogP contribution is 2.46. The van der Waals surface area contributed by atoms with E-state index in [0.29, 0.717) is 0 Å². The highest BCUT2D eigenvalue weighted by Gasteiger charge is 2.44. The van der Waals surface area contributed by atoms with Crippen LogP contribution in [-0.4, -0.2) is 11.3 Å². The monoisotopic (exact) mass is 887 g/mol. The van der Waals surface area contributed by atoms with Crippen LogP contribution in [0.2, 0.25) is 0 Å². The van der Waals surface area contributed by atoms with Crippen LogP contribution >= 0.6 is 0 Å². The van der Waals surface area contributed by atoms with Gasteiger partial charge in [-0.05, 0) is 130 Å². The molecule has 1 aromatic heterocycles. The molecule has 0 fully saturated rings. The minimum atomic E-state index is -0.0764. The van der Waals surface area contributed by atoms with Crippen LogP contribution in [0.15, 0.2) is 236 Å². The number of hydrogen-bond acceptors (Lipinski definition) is 3. The summed E-state index contributed by atoms with van der Waals surface area (Å²) in [6.45, 7) is 8.15. The van der Waals surface area contributed by atoms with E-state index in [1.54, 1.807) is 0 Å². The lowest BCUT2D eigenvalue weighted by Gasteiger charge is -2.42. The van der Waals surface area contributed by atoms with Crippen molar-refractivity contribution in [2.75, 3.05) is 9.80 Å². The third-order valence-corrected chi connectivity index (χ3v) is 13.9. The van der Waals surface area contributed by atoms with Gasteiger partial charge in [0.1, 0.15) is 11.5 Å². The number of ether oxygens (including phenoxy) is 1. The third kappa shape index (κ3) is 6.68. The second kappa shape index (κ2) is 17.3. The first kappa shape index (κ1) is 41.9. The minimum absolute atomic E-state index is 0.0764. The van der Waals surface area contributed by atoms with E-state index in [-0.39, 0.29) is 6.71 Å². The maximum Gasteiger partial charge on any atom is 0.257 e. The van der Waals surface area contributed by atoms with Crippen molar-refractivity contribution in [1.29, 1.82) is 0 Å². The normalized spacial score (nSPS) is 12.7. The first-order valence-corrected chi connectivity index (χ1v) is 24.2. The SMILES string of the molecule is C/C=C\C(=C/C)N1c2cccc3c2B(c2ccc(N(c4ccc(-c5ccccc5)cc4)c4ccc5c(c4)c4ccccc4n5-c4ccccc4)cc2O3)c2c1c1ccccc1c1ccccc21.CC. The van der Waals surface area contributed by atoms with Crippen molar-refractivity contribution in [3.05, 3.63) is 236 Å². The van der Waals surface area contributed by atoms with Crippen LogP contribution < -0.4 is 30.9 Å². The lowest BCUT2D eigenvalue weighted by atomic mass is 9.33. The number of nitrogens with zero attached hydrogens (tertiary/aromatic N) is 3. The van der Waals surface area contributed by atoms with E-state index in [4.69, 9.17) is 4.74 Å². The maximum absolute atomic E-state index is 7.19. The summed E-state index contributed by atoms with van der Waals surface area (Å²) in [7, 11) is 0. The predicted octanol–water partition coefficient (Wildman–Crippen LogP) is 15.8. The Hall–Kier alpha value is -8.54. The molecule has 330 valence electrons. The Morgan fingerprint density at radius 3 is 1.81 bits per heavy atom. The molecule has 3 heterocycles. The van der Waals surface area contributed by atoms with Crippen molar-refractivity contribution in [3.63, 3.8) is 0 Å². The summed E-state index contributed by atoms with van der Waals surface area (Å²) in [6.07, 6.45) is 6.57. The van der Waals surface area contributed by atoms with Gasteiger partial charge in [0.15, 0.2) is 0 Å². The molecule has 69 heavy (non-hydrogen) atoms. The molecule has 13 rings (SSSR count). The van der Waals surface area contributed by atoms with E-state index in [2.05, 4.69) is 259 Å². The Labute approximate surface area is 404 Å². The Balaban J connectivity index is 0.00000243. The maximum atomic E-state index is 7.19. The molecule has 0 spiro atoms. The molecule has 0 N–H and O–H groups in total. The van der Waals surface area contributed by atoms with Crippen molar-refractivity contribution >= 4 is 94.9 Å². The first-order chi connectivity index (χ1) is 34.2. The number of allylic oxidation sites excluding steroid dienone is 3. The standard InChI is InChI=1S/C62H44BN3O.C2H6/c1-3-18-43(4-2)66-57-29-17-30-58-61(57)63(60-51-26-13-11-23-48(51)49-24-12-14-27-52(49)62(60)66)54-37-35-47(40-59(54)67-58)64(45-33-31-42(32-34-45)41-19-7-5-8-20-41)46-36-38-56-53(39-46)50-25-15-16-28-55(50)65(56)44-21-9-6-10-22-44;1-2/h3-40H,1-2H3;1-2H3/b18-3-,43-4+;. The van der Waals surface area contributed by atoms with Gasteiger partial charge in [-0.25, -0.2) is 0 Å². The van der Waals surface area contributed by atoms with Crippen LogP contribution in [0.25, 0.3) is 60.2 Å². The molecule has 0 radical (unpaired) electrons. The summed E-state index contributed by atoms with van der Waals surface area (Å²) < 4.78 is 9.56. The quantitative estimate of drug-likeness (QED) is 0.0904.